The molecule has 1 nitrogen and oxygen atoms in total. The van der Waals surface area contributed by atoms with Gasteiger partial charge in [0.05, 0.1) is 9.90 Å². The Morgan fingerprint density at radius 3 is 2.50 bits per heavy atom. The Morgan fingerprint density at radius 2 is 1.94 bits per heavy atom. The number of hydrogen-bond acceptors (Lipinski definition) is 2. The first kappa shape index (κ1) is 11.6. The molecule has 0 amide bonds. The third kappa shape index (κ3) is 2.29. The summed E-state index contributed by atoms with van der Waals surface area (Å²) in [6.45, 7) is 1.96. The maximum absolute atomic E-state index is 12.1. The van der Waals surface area contributed by atoms with Crippen molar-refractivity contribution in [2.45, 2.75) is 6.92 Å². The van der Waals surface area contributed by atoms with Gasteiger partial charge in [-0.2, -0.15) is 0 Å². The van der Waals surface area contributed by atoms with E-state index in [0.29, 0.717) is 20.5 Å². The van der Waals surface area contributed by atoms with Crippen molar-refractivity contribution in [1.82, 2.24) is 0 Å². The number of thiophene rings is 1. The molecule has 0 N–H and O–H groups in total. The van der Waals surface area contributed by atoms with Crippen molar-refractivity contribution in [3.05, 3.63) is 55.7 Å². The lowest BCUT2D eigenvalue weighted by atomic mass is 10.1. The molecule has 1 aromatic heterocycles. The molecular formula is C12H8Cl2OS. The number of carbonyl (C=O) groups is 1. The van der Waals surface area contributed by atoms with Crippen molar-refractivity contribution in [3.8, 4) is 0 Å². The van der Waals surface area contributed by atoms with Crippen molar-refractivity contribution in [1.29, 1.82) is 0 Å². The summed E-state index contributed by atoms with van der Waals surface area (Å²) >= 11 is 13.2. The molecule has 1 heterocycles. The van der Waals surface area contributed by atoms with Gasteiger partial charge in [-0.15, -0.1) is 11.3 Å². The molecule has 0 aliphatic carbocycles. The molecule has 0 bridgehead atoms. The van der Waals surface area contributed by atoms with Gasteiger partial charge in [-0.1, -0.05) is 23.2 Å². The Hall–Kier alpha value is -0.830. The van der Waals surface area contributed by atoms with E-state index in [-0.39, 0.29) is 5.78 Å². The normalized spacial score (nSPS) is 10.4. The van der Waals surface area contributed by atoms with Crippen molar-refractivity contribution >= 4 is 40.3 Å². The first-order valence-corrected chi connectivity index (χ1v) is 6.21. The number of aryl methyl sites for hydroxylation is 1. The predicted molar refractivity (Wildman–Crippen MR) is 69.0 cm³/mol. The van der Waals surface area contributed by atoms with E-state index in [2.05, 4.69) is 0 Å². The summed E-state index contributed by atoms with van der Waals surface area (Å²) in [5.74, 6) is -0.0558. The first-order chi connectivity index (χ1) is 7.58. The maximum atomic E-state index is 12.1. The molecule has 0 radical (unpaired) electrons. The van der Waals surface area contributed by atoms with E-state index in [1.807, 2.05) is 19.1 Å². The molecule has 2 aromatic rings. The zero-order valence-electron chi connectivity index (χ0n) is 8.46. The summed E-state index contributed by atoms with van der Waals surface area (Å²) in [4.78, 5) is 13.9. The van der Waals surface area contributed by atoms with Crippen LogP contribution >= 0.6 is 34.5 Å². The molecule has 82 valence electrons. The van der Waals surface area contributed by atoms with Crippen LogP contribution in [-0.4, -0.2) is 5.78 Å². The molecule has 0 unspecified atom stereocenters. The molecule has 1 aromatic carbocycles. The van der Waals surface area contributed by atoms with Crippen LogP contribution in [0.25, 0.3) is 0 Å². The smallest absolute Gasteiger partial charge is 0.204 e. The fraction of sp³-hybridized carbons (Fsp3) is 0.0833. The molecule has 0 saturated carbocycles. The van der Waals surface area contributed by atoms with E-state index >= 15 is 0 Å². The topological polar surface area (TPSA) is 17.1 Å². The summed E-state index contributed by atoms with van der Waals surface area (Å²) in [7, 11) is 0. The second-order valence-corrected chi connectivity index (χ2v) is 5.50. The minimum atomic E-state index is -0.0558. The Balaban J connectivity index is 2.41. The second kappa shape index (κ2) is 4.58. The third-order valence-electron chi connectivity index (χ3n) is 2.14. The van der Waals surface area contributed by atoms with Crippen LogP contribution in [-0.2, 0) is 0 Å². The Morgan fingerprint density at radius 1 is 1.19 bits per heavy atom. The summed E-state index contributed by atoms with van der Waals surface area (Å²) in [6.07, 6.45) is 0. The van der Waals surface area contributed by atoms with E-state index in [1.54, 1.807) is 18.2 Å². The van der Waals surface area contributed by atoms with E-state index in [4.69, 9.17) is 23.2 Å². The third-order valence-corrected chi connectivity index (χ3v) is 3.69. The Kier molecular flexibility index (Phi) is 3.33. The predicted octanol–water partition coefficient (Wildman–Crippen LogP) is 4.59. The summed E-state index contributed by atoms with van der Waals surface area (Å²) in [6, 6.07) is 8.63. The molecule has 0 spiro atoms. The lowest BCUT2D eigenvalue weighted by molar-refractivity contribution is 0.104. The lowest BCUT2D eigenvalue weighted by Gasteiger charge is -2.01. The quantitative estimate of drug-likeness (QED) is 0.730. The van der Waals surface area contributed by atoms with E-state index in [0.717, 1.165) is 4.88 Å². The van der Waals surface area contributed by atoms with Crippen molar-refractivity contribution < 1.29 is 4.79 Å². The number of carbonyl (C=O) groups excluding carboxylic acids is 1. The molecule has 2 rings (SSSR count). The van der Waals surface area contributed by atoms with Gasteiger partial charge in [0.2, 0.25) is 5.78 Å². The monoisotopic (exact) mass is 270 g/mol. The largest absolute Gasteiger partial charge is 0.288 e. The molecule has 0 aliphatic heterocycles. The second-order valence-electron chi connectivity index (χ2n) is 3.36. The Labute approximate surface area is 108 Å². The average molecular weight is 271 g/mol. The van der Waals surface area contributed by atoms with Crippen molar-refractivity contribution in [2.75, 3.05) is 0 Å². The minimum absolute atomic E-state index is 0.0558. The van der Waals surface area contributed by atoms with Crippen molar-refractivity contribution in [2.24, 2.45) is 0 Å². The molecular weight excluding hydrogens is 263 g/mol. The number of rotatable bonds is 2. The number of benzene rings is 1. The lowest BCUT2D eigenvalue weighted by Crippen LogP contribution is -1.99. The molecule has 0 fully saturated rings. The van der Waals surface area contributed by atoms with E-state index in [9.17, 15) is 4.79 Å². The van der Waals surface area contributed by atoms with Crippen molar-refractivity contribution in [3.63, 3.8) is 0 Å². The SMILES string of the molecule is Cc1ccc(C(=O)c2ccc(Cl)cc2Cl)s1. The highest BCUT2D eigenvalue weighted by atomic mass is 35.5. The summed E-state index contributed by atoms with van der Waals surface area (Å²) in [5.41, 5.74) is 0.493. The first-order valence-electron chi connectivity index (χ1n) is 4.64. The van der Waals surface area contributed by atoms with Crippen LogP contribution in [0.4, 0.5) is 0 Å². The van der Waals surface area contributed by atoms with Gasteiger partial charge in [-0.3, -0.25) is 4.79 Å². The summed E-state index contributed by atoms with van der Waals surface area (Å²) < 4.78 is 0. The molecule has 16 heavy (non-hydrogen) atoms. The van der Waals surface area contributed by atoms with Crippen LogP contribution in [0.2, 0.25) is 10.0 Å². The van der Waals surface area contributed by atoms with Crippen LogP contribution in [0.1, 0.15) is 20.1 Å². The standard InChI is InChI=1S/C12H8Cl2OS/c1-7-2-5-11(16-7)12(15)9-4-3-8(13)6-10(9)14/h2-6H,1H3. The fourth-order valence-corrected chi connectivity index (χ4v) is 2.68. The zero-order valence-corrected chi connectivity index (χ0v) is 10.8. The fourth-order valence-electron chi connectivity index (χ4n) is 1.36. The van der Waals surface area contributed by atoms with E-state index in [1.165, 1.54) is 11.3 Å². The van der Waals surface area contributed by atoms with Gasteiger partial charge in [0.15, 0.2) is 0 Å². The van der Waals surface area contributed by atoms with Gasteiger partial charge in [-0.25, -0.2) is 0 Å². The van der Waals surface area contributed by atoms with Gasteiger partial charge >= 0.3 is 0 Å². The highest BCUT2D eigenvalue weighted by Crippen LogP contribution is 2.26. The van der Waals surface area contributed by atoms with Gasteiger partial charge in [0, 0.05) is 15.5 Å². The van der Waals surface area contributed by atoms with E-state index < -0.39 is 0 Å². The zero-order chi connectivity index (χ0) is 11.7. The maximum Gasteiger partial charge on any atom is 0.204 e. The number of halogens is 2. The molecule has 0 atom stereocenters. The van der Waals surface area contributed by atoms with Crippen LogP contribution in [0.5, 0.6) is 0 Å². The van der Waals surface area contributed by atoms with Gasteiger partial charge < -0.3 is 0 Å². The summed E-state index contributed by atoms with van der Waals surface area (Å²) in [5, 5.41) is 0.924. The van der Waals surface area contributed by atoms with Gasteiger partial charge in [0.1, 0.15) is 0 Å². The Bertz CT molecular complexity index is 546. The molecule has 0 aliphatic rings. The number of hydrogen-bond donors (Lipinski definition) is 0. The minimum Gasteiger partial charge on any atom is -0.288 e. The number of ketones is 1. The molecule has 0 saturated heterocycles. The highest BCUT2D eigenvalue weighted by Gasteiger charge is 2.14. The van der Waals surface area contributed by atoms with Gasteiger partial charge in [-0.05, 0) is 37.3 Å². The van der Waals surface area contributed by atoms with Crippen LogP contribution < -0.4 is 0 Å². The molecule has 4 heteroatoms. The average Bonchev–Trinajstić information content (AvgIpc) is 2.64. The van der Waals surface area contributed by atoms with Crippen LogP contribution in [0, 0.1) is 6.92 Å². The van der Waals surface area contributed by atoms with Crippen LogP contribution in [0.15, 0.2) is 30.3 Å². The van der Waals surface area contributed by atoms with Crippen LogP contribution in [0.3, 0.4) is 0 Å². The van der Waals surface area contributed by atoms with Gasteiger partial charge in [0.25, 0.3) is 0 Å². The highest BCUT2D eigenvalue weighted by molar-refractivity contribution is 7.14.